The normalized spacial score (nSPS) is 44.7. The lowest BCUT2D eigenvalue weighted by Crippen LogP contribution is -2.36. The Hall–Kier alpha value is -0.160. The summed E-state index contributed by atoms with van der Waals surface area (Å²) in [4.78, 5) is 0. The quantitative estimate of drug-likeness (QED) is 0.472. The van der Waals surface area contributed by atoms with Crippen molar-refractivity contribution in [3.63, 3.8) is 0 Å². The molecule has 4 atom stereocenters. The average Bonchev–Trinajstić information content (AvgIpc) is 2.26. The fraction of sp³-hybridized carbons (Fsp3) is 1.00. The Morgan fingerprint density at radius 3 is 2.45 bits per heavy atom. The molecule has 0 spiro atoms. The van der Waals surface area contributed by atoms with Crippen LogP contribution in [-0.4, -0.2) is 48.2 Å². The minimum absolute atomic E-state index is 0.0502. The van der Waals surface area contributed by atoms with Gasteiger partial charge in [0.2, 0.25) is 0 Å². The third-order valence-corrected chi connectivity index (χ3v) is 2.19. The lowest BCUT2D eigenvalue weighted by molar-refractivity contribution is -0.00725. The summed E-state index contributed by atoms with van der Waals surface area (Å²) in [6, 6.07) is -0.137. The molecular weight excluding hydrogens is 146 g/mol. The summed E-state index contributed by atoms with van der Waals surface area (Å²) in [5.41, 5.74) is 0. The highest BCUT2D eigenvalue weighted by molar-refractivity contribution is 4.96. The van der Waals surface area contributed by atoms with Gasteiger partial charge in [0, 0.05) is 13.2 Å². The molecule has 4 nitrogen and oxygen atoms in total. The number of methoxy groups -OCH3 is 1. The van der Waals surface area contributed by atoms with E-state index < -0.39 is 6.10 Å². The third-order valence-electron chi connectivity index (χ3n) is 2.19. The van der Waals surface area contributed by atoms with Crippen molar-refractivity contribution in [1.82, 2.24) is 5.32 Å². The van der Waals surface area contributed by atoms with Crippen LogP contribution < -0.4 is 5.32 Å². The second-order valence-corrected chi connectivity index (χ2v) is 2.94. The first-order valence-corrected chi connectivity index (χ1v) is 3.78. The number of nitrogens with one attached hydrogen (secondary N) is 1. The van der Waals surface area contributed by atoms with Gasteiger partial charge in [-0.15, -0.1) is 0 Å². The van der Waals surface area contributed by atoms with E-state index in [1.165, 1.54) is 0 Å². The second-order valence-electron chi connectivity index (χ2n) is 2.94. The van der Waals surface area contributed by atoms with Crippen molar-refractivity contribution in [1.29, 1.82) is 0 Å². The highest BCUT2D eigenvalue weighted by Gasteiger charge is 2.39. The number of aliphatic hydroxyl groups excluding tert-OH is 2. The molecule has 1 fully saturated rings. The second kappa shape index (κ2) is 3.49. The van der Waals surface area contributed by atoms with Crippen molar-refractivity contribution >= 4 is 0 Å². The number of rotatable bonds is 2. The van der Waals surface area contributed by atoms with E-state index >= 15 is 0 Å². The zero-order valence-electron chi connectivity index (χ0n) is 6.82. The van der Waals surface area contributed by atoms with Gasteiger partial charge in [-0.2, -0.15) is 0 Å². The monoisotopic (exact) mass is 161 g/mol. The lowest BCUT2D eigenvalue weighted by atomic mass is 10.1. The smallest absolute Gasteiger partial charge is 0.0996 e. The van der Waals surface area contributed by atoms with Gasteiger partial charge in [0.1, 0.15) is 0 Å². The number of hydrogen-bond donors (Lipinski definition) is 3. The maximum atomic E-state index is 9.47. The lowest BCUT2D eigenvalue weighted by Gasteiger charge is -2.16. The molecule has 0 aromatic rings. The largest absolute Gasteiger partial charge is 0.395 e. The Morgan fingerprint density at radius 2 is 2.18 bits per heavy atom. The van der Waals surface area contributed by atoms with Crippen molar-refractivity contribution in [2.24, 2.45) is 0 Å². The third kappa shape index (κ3) is 1.54. The van der Waals surface area contributed by atoms with Gasteiger partial charge in [0.05, 0.1) is 24.9 Å². The summed E-state index contributed by atoms with van der Waals surface area (Å²) in [5.74, 6) is 0. The predicted octanol–water partition coefficient (Wildman–Crippen LogP) is -1.29. The van der Waals surface area contributed by atoms with Crippen LogP contribution in [0.3, 0.4) is 0 Å². The first-order valence-electron chi connectivity index (χ1n) is 3.78. The van der Waals surface area contributed by atoms with Crippen LogP contribution in [0.25, 0.3) is 0 Å². The van der Waals surface area contributed by atoms with E-state index in [4.69, 9.17) is 9.84 Å². The van der Waals surface area contributed by atoms with Crippen molar-refractivity contribution in [2.75, 3.05) is 13.7 Å². The van der Waals surface area contributed by atoms with Crippen LogP contribution in [0.5, 0.6) is 0 Å². The Balaban J connectivity index is 2.55. The SMILES string of the molecule is CO[C@@H]1[C@@H](O)[C@@H](CO)N[C@H]1C. The summed E-state index contributed by atoms with van der Waals surface area (Å²) in [5, 5.41) is 21.3. The van der Waals surface area contributed by atoms with Gasteiger partial charge in [-0.3, -0.25) is 0 Å². The van der Waals surface area contributed by atoms with Gasteiger partial charge in [-0.1, -0.05) is 0 Å². The van der Waals surface area contributed by atoms with E-state index in [9.17, 15) is 5.11 Å². The fourth-order valence-electron chi connectivity index (χ4n) is 1.56. The molecule has 0 amide bonds. The summed E-state index contributed by atoms with van der Waals surface area (Å²) in [7, 11) is 1.56. The summed E-state index contributed by atoms with van der Waals surface area (Å²) >= 11 is 0. The van der Waals surface area contributed by atoms with Gasteiger partial charge in [-0.25, -0.2) is 0 Å². The standard InChI is InChI=1S/C7H15NO3/c1-4-7(11-2)6(10)5(3-9)8-4/h4-10H,3H2,1-2H3/t4-,5+,6-,7-/m0/s1. The van der Waals surface area contributed by atoms with E-state index in [-0.39, 0.29) is 24.8 Å². The molecule has 4 heteroatoms. The van der Waals surface area contributed by atoms with Gasteiger partial charge < -0.3 is 20.3 Å². The Kier molecular flexibility index (Phi) is 2.84. The molecule has 1 heterocycles. The van der Waals surface area contributed by atoms with Crippen LogP contribution in [0.15, 0.2) is 0 Å². The van der Waals surface area contributed by atoms with Crippen molar-refractivity contribution in [2.45, 2.75) is 31.2 Å². The summed E-state index contributed by atoms with van der Waals surface area (Å²) < 4.78 is 5.04. The molecule has 1 aliphatic rings. The first-order chi connectivity index (χ1) is 5.20. The topological polar surface area (TPSA) is 61.7 Å². The Bertz CT molecular complexity index is 131. The highest BCUT2D eigenvalue weighted by Crippen LogP contribution is 2.16. The van der Waals surface area contributed by atoms with Crippen LogP contribution in [0.2, 0.25) is 0 Å². The number of ether oxygens (including phenoxy) is 1. The van der Waals surface area contributed by atoms with Crippen molar-refractivity contribution in [3.8, 4) is 0 Å². The first kappa shape index (κ1) is 8.93. The van der Waals surface area contributed by atoms with Crippen LogP contribution in [0, 0.1) is 0 Å². The molecule has 0 aromatic heterocycles. The van der Waals surface area contributed by atoms with E-state index in [0.29, 0.717) is 0 Å². The fourth-order valence-corrected chi connectivity index (χ4v) is 1.56. The van der Waals surface area contributed by atoms with E-state index in [0.717, 1.165) is 0 Å². The zero-order chi connectivity index (χ0) is 8.43. The number of aliphatic hydroxyl groups is 2. The maximum absolute atomic E-state index is 9.47. The summed E-state index contributed by atoms with van der Waals surface area (Å²) in [6.07, 6.45) is -0.799. The molecule has 66 valence electrons. The van der Waals surface area contributed by atoms with E-state index in [2.05, 4.69) is 5.32 Å². The molecule has 11 heavy (non-hydrogen) atoms. The van der Waals surface area contributed by atoms with Gasteiger partial charge >= 0.3 is 0 Å². The van der Waals surface area contributed by atoms with Crippen LogP contribution >= 0.6 is 0 Å². The van der Waals surface area contributed by atoms with Crippen LogP contribution in [0.1, 0.15) is 6.92 Å². The van der Waals surface area contributed by atoms with Gasteiger partial charge in [-0.05, 0) is 6.92 Å². The molecule has 3 N–H and O–H groups in total. The minimum atomic E-state index is -0.597. The molecule has 0 aromatic carbocycles. The van der Waals surface area contributed by atoms with Gasteiger partial charge in [0.25, 0.3) is 0 Å². The average molecular weight is 161 g/mol. The van der Waals surface area contributed by atoms with E-state index in [1.54, 1.807) is 7.11 Å². The molecule has 1 rings (SSSR count). The highest BCUT2D eigenvalue weighted by atomic mass is 16.5. The summed E-state index contributed by atoms with van der Waals surface area (Å²) in [6.45, 7) is 1.87. The zero-order valence-corrected chi connectivity index (χ0v) is 6.82. The molecule has 0 unspecified atom stereocenters. The van der Waals surface area contributed by atoms with Gasteiger partial charge in [0.15, 0.2) is 0 Å². The minimum Gasteiger partial charge on any atom is -0.395 e. The van der Waals surface area contributed by atoms with Crippen LogP contribution in [-0.2, 0) is 4.74 Å². The van der Waals surface area contributed by atoms with Crippen LogP contribution in [0.4, 0.5) is 0 Å². The van der Waals surface area contributed by atoms with Crippen molar-refractivity contribution in [3.05, 3.63) is 0 Å². The Morgan fingerprint density at radius 1 is 1.55 bits per heavy atom. The van der Waals surface area contributed by atoms with E-state index in [1.807, 2.05) is 6.92 Å². The molecule has 0 aliphatic carbocycles. The molecule has 1 aliphatic heterocycles. The number of hydrogen-bond acceptors (Lipinski definition) is 4. The molecule has 0 saturated carbocycles. The molecular formula is C7H15NO3. The molecule has 0 radical (unpaired) electrons. The van der Waals surface area contributed by atoms with Crippen molar-refractivity contribution < 1.29 is 14.9 Å². The molecule has 1 saturated heterocycles. The maximum Gasteiger partial charge on any atom is 0.0996 e. The molecule has 0 bridgehead atoms. The Labute approximate surface area is 66.2 Å². The predicted molar refractivity (Wildman–Crippen MR) is 40.3 cm³/mol.